The second kappa shape index (κ2) is 6.37. The number of aromatic nitrogens is 2. The van der Waals surface area contributed by atoms with E-state index in [1.54, 1.807) is 0 Å². The third-order valence-corrected chi connectivity index (χ3v) is 5.02. The van der Waals surface area contributed by atoms with E-state index in [2.05, 4.69) is 20.6 Å². The van der Waals surface area contributed by atoms with Crippen LogP contribution in [-0.2, 0) is 6.54 Å². The molecule has 0 spiro atoms. The van der Waals surface area contributed by atoms with Gasteiger partial charge in [0.15, 0.2) is 16.7 Å². The predicted molar refractivity (Wildman–Crippen MR) is 96.7 cm³/mol. The normalized spacial score (nSPS) is 14.7. The summed E-state index contributed by atoms with van der Waals surface area (Å²) in [6, 6.07) is 3.87. The van der Waals surface area contributed by atoms with Gasteiger partial charge in [-0.15, -0.1) is 0 Å². The number of hydrogen-bond donors (Lipinski definition) is 4. The molecule has 0 radical (unpaired) electrons. The summed E-state index contributed by atoms with van der Waals surface area (Å²) in [6.45, 7) is 1.80. The maximum atomic E-state index is 5.99. The Bertz CT molecular complexity index is 849. The van der Waals surface area contributed by atoms with Crippen LogP contribution in [0.25, 0.3) is 0 Å². The SMILES string of the molecule is CNc1cc2c(cc1Sc1nc3c(n1CCN)NCN=C3N)OCO2. The molecule has 0 unspecified atom stereocenters. The van der Waals surface area contributed by atoms with Gasteiger partial charge in [0, 0.05) is 37.2 Å². The molecule has 0 bridgehead atoms. The number of nitrogens with one attached hydrogen (secondary N) is 2. The summed E-state index contributed by atoms with van der Waals surface area (Å²) in [5, 5.41) is 7.20. The molecule has 132 valence electrons. The standard InChI is InChI=1S/C15H19N7O2S/c1-18-8-4-9-10(24-7-23-9)5-11(8)25-15-21-12-13(17)19-6-20-14(12)22(15)3-2-16/h4-5,18,20H,2-3,6-7,16H2,1H3,(H2,17,19). The number of hydrogen-bond acceptors (Lipinski definition) is 9. The third kappa shape index (κ3) is 2.72. The first-order valence-electron chi connectivity index (χ1n) is 7.85. The number of benzene rings is 1. The van der Waals surface area contributed by atoms with Crippen molar-refractivity contribution in [1.29, 1.82) is 0 Å². The summed E-state index contributed by atoms with van der Waals surface area (Å²) in [5.41, 5.74) is 13.4. The average molecular weight is 361 g/mol. The summed E-state index contributed by atoms with van der Waals surface area (Å²) >= 11 is 1.51. The van der Waals surface area contributed by atoms with Crippen molar-refractivity contribution in [3.8, 4) is 11.5 Å². The summed E-state index contributed by atoms with van der Waals surface area (Å²) in [4.78, 5) is 9.83. The minimum atomic E-state index is 0.236. The Kier molecular flexibility index (Phi) is 4.06. The molecule has 9 nitrogen and oxygen atoms in total. The van der Waals surface area contributed by atoms with E-state index in [0.717, 1.165) is 33.1 Å². The van der Waals surface area contributed by atoms with Crippen LogP contribution in [0.2, 0.25) is 0 Å². The number of amidine groups is 1. The van der Waals surface area contributed by atoms with Crippen molar-refractivity contribution < 1.29 is 9.47 Å². The second-order valence-corrected chi connectivity index (χ2v) is 6.47. The molecular formula is C15H19N7O2S. The summed E-state index contributed by atoms with van der Waals surface area (Å²) < 4.78 is 13.0. The van der Waals surface area contributed by atoms with Crippen LogP contribution in [-0.4, -0.2) is 42.4 Å². The van der Waals surface area contributed by atoms with E-state index in [0.29, 0.717) is 31.3 Å². The van der Waals surface area contributed by atoms with Gasteiger partial charge in [-0.1, -0.05) is 0 Å². The maximum Gasteiger partial charge on any atom is 0.231 e. The molecule has 1 aromatic carbocycles. The highest BCUT2D eigenvalue weighted by atomic mass is 32.2. The van der Waals surface area contributed by atoms with E-state index < -0.39 is 0 Å². The van der Waals surface area contributed by atoms with Crippen molar-refractivity contribution >= 4 is 29.1 Å². The minimum Gasteiger partial charge on any atom is -0.454 e. The highest BCUT2D eigenvalue weighted by Crippen LogP contribution is 2.43. The van der Waals surface area contributed by atoms with Crippen LogP contribution < -0.4 is 31.6 Å². The van der Waals surface area contributed by atoms with Gasteiger partial charge in [-0.2, -0.15) is 0 Å². The van der Waals surface area contributed by atoms with Gasteiger partial charge in [-0.3, -0.25) is 0 Å². The van der Waals surface area contributed by atoms with E-state index in [9.17, 15) is 0 Å². The minimum absolute atomic E-state index is 0.236. The van der Waals surface area contributed by atoms with Gasteiger partial charge in [0.25, 0.3) is 0 Å². The van der Waals surface area contributed by atoms with Crippen molar-refractivity contribution in [2.24, 2.45) is 16.5 Å². The van der Waals surface area contributed by atoms with Gasteiger partial charge < -0.3 is 36.1 Å². The first-order valence-corrected chi connectivity index (χ1v) is 8.67. The van der Waals surface area contributed by atoms with Crippen LogP contribution in [0.3, 0.4) is 0 Å². The molecule has 0 saturated heterocycles. The fourth-order valence-electron chi connectivity index (χ4n) is 2.78. The van der Waals surface area contributed by atoms with Crippen LogP contribution >= 0.6 is 11.8 Å². The van der Waals surface area contributed by atoms with E-state index >= 15 is 0 Å². The Morgan fingerprint density at radius 3 is 2.92 bits per heavy atom. The van der Waals surface area contributed by atoms with Crippen LogP contribution in [0.1, 0.15) is 5.69 Å². The molecule has 0 fully saturated rings. The number of rotatable bonds is 5. The van der Waals surface area contributed by atoms with Gasteiger partial charge in [-0.25, -0.2) is 9.98 Å². The lowest BCUT2D eigenvalue weighted by Crippen LogP contribution is -2.24. The quantitative estimate of drug-likeness (QED) is 0.618. The molecule has 25 heavy (non-hydrogen) atoms. The number of aliphatic imine (C=N–C) groups is 1. The molecule has 2 aliphatic rings. The highest BCUT2D eigenvalue weighted by molar-refractivity contribution is 7.99. The third-order valence-electron chi connectivity index (χ3n) is 3.97. The Morgan fingerprint density at radius 2 is 2.16 bits per heavy atom. The largest absolute Gasteiger partial charge is 0.454 e. The number of anilines is 2. The zero-order valence-electron chi connectivity index (χ0n) is 13.7. The van der Waals surface area contributed by atoms with Crippen molar-refractivity contribution in [2.75, 3.05) is 37.7 Å². The van der Waals surface area contributed by atoms with E-state index in [4.69, 9.17) is 20.9 Å². The molecule has 3 heterocycles. The Hall–Kier alpha value is -2.59. The second-order valence-electron chi connectivity index (χ2n) is 5.46. The van der Waals surface area contributed by atoms with E-state index in [1.807, 2.05) is 23.7 Å². The van der Waals surface area contributed by atoms with Gasteiger partial charge in [0.2, 0.25) is 6.79 Å². The fraction of sp³-hybridized carbons (Fsp3) is 0.333. The van der Waals surface area contributed by atoms with Gasteiger partial charge >= 0.3 is 0 Å². The first kappa shape index (κ1) is 15.9. The van der Waals surface area contributed by atoms with E-state index in [1.165, 1.54) is 11.8 Å². The molecule has 2 aliphatic heterocycles. The van der Waals surface area contributed by atoms with Gasteiger partial charge in [0.05, 0.1) is 5.69 Å². The number of nitrogens with zero attached hydrogens (tertiary/aromatic N) is 3. The zero-order chi connectivity index (χ0) is 17.4. The molecule has 1 aromatic heterocycles. The molecular weight excluding hydrogens is 342 g/mol. The lowest BCUT2D eigenvalue weighted by Gasteiger charge is -2.15. The van der Waals surface area contributed by atoms with Crippen molar-refractivity contribution in [3.63, 3.8) is 0 Å². The zero-order valence-corrected chi connectivity index (χ0v) is 14.5. The van der Waals surface area contributed by atoms with Gasteiger partial charge in [-0.05, 0) is 11.8 Å². The van der Waals surface area contributed by atoms with E-state index in [-0.39, 0.29) is 6.79 Å². The lowest BCUT2D eigenvalue weighted by atomic mass is 10.3. The van der Waals surface area contributed by atoms with Crippen molar-refractivity contribution in [1.82, 2.24) is 9.55 Å². The first-order chi connectivity index (χ1) is 12.2. The Balaban J connectivity index is 1.75. The average Bonchev–Trinajstić information content (AvgIpc) is 3.20. The predicted octanol–water partition coefficient (Wildman–Crippen LogP) is 0.852. The molecule has 6 N–H and O–H groups in total. The molecule has 0 saturated carbocycles. The fourth-order valence-corrected chi connectivity index (χ4v) is 3.84. The monoisotopic (exact) mass is 361 g/mol. The molecule has 4 rings (SSSR count). The number of imidazole rings is 1. The Labute approximate surface area is 148 Å². The van der Waals surface area contributed by atoms with Gasteiger partial charge in [0.1, 0.15) is 24.0 Å². The summed E-state index contributed by atoms with van der Waals surface area (Å²) in [6.07, 6.45) is 0. The van der Waals surface area contributed by atoms with Crippen LogP contribution in [0.4, 0.5) is 11.5 Å². The van der Waals surface area contributed by atoms with Crippen LogP contribution in [0, 0.1) is 0 Å². The van der Waals surface area contributed by atoms with Crippen LogP contribution in [0.15, 0.2) is 27.2 Å². The summed E-state index contributed by atoms with van der Waals surface area (Å²) in [7, 11) is 1.87. The molecule has 10 heteroatoms. The molecule has 0 aliphatic carbocycles. The number of ether oxygens (including phenoxy) is 2. The summed E-state index contributed by atoms with van der Waals surface area (Å²) in [5.74, 6) is 2.75. The maximum absolute atomic E-state index is 5.99. The number of nitrogens with two attached hydrogens (primary N) is 2. The number of fused-ring (bicyclic) bond motifs is 2. The van der Waals surface area contributed by atoms with Crippen molar-refractivity contribution in [2.45, 2.75) is 16.6 Å². The molecule has 0 amide bonds. The lowest BCUT2D eigenvalue weighted by molar-refractivity contribution is 0.174. The highest BCUT2D eigenvalue weighted by Gasteiger charge is 2.24. The smallest absolute Gasteiger partial charge is 0.231 e. The molecule has 2 aromatic rings. The van der Waals surface area contributed by atoms with Crippen molar-refractivity contribution in [3.05, 3.63) is 17.8 Å². The van der Waals surface area contributed by atoms with Crippen LogP contribution in [0.5, 0.6) is 11.5 Å². The molecule has 0 atom stereocenters. The topological polar surface area (TPSA) is 125 Å². The Morgan fingerprint density at radius 1 is 1.36 bits per heavy atom.